The molecule has 5 nitrogen and oxygen atoms in total. The maximum Gasteiger partial charge on any atom is 0.227 e. The number of thiophene rings is 1. The summed E-state index contributed by atoms with van der Waals surface area (Å²) in [4.78, 5) is 28.6. The second-order valence-corrected chi connectivity index (χ2v) is 7.83. The largest absolute Gasteiger partial charge is 0.355 e. The van der Waals surface area contributed by atoms with E-state index in [9.17, 15) is 9.59 Å². The van der Waals surface area contributed by atoms with Gasteiger partial charge in [0, 0.05) is 30.1 Å². The Balaban J connectivity index is 0.00000280. The minimum absolute atomic E-state index is 0. The number of carbonyl (C=O) groups excluding carboxylic acids is 2. The van der Waals surface area contributed by atoms with Gasteiger partial charge in [0.15, 0.2) is 0 Å². The van der Waals surface area contributed by atoms with E-state index in [1.807, 2.05) is 60.5 Å². The van der Waals surface area contributed by atoms with E-state index in [1.54, 1.807) is 11.3 Å². The van der Waals surface area contributed by atoms with Gasteiger partial charge in [-0.15, -0.1) is 23.7 Å². The molecule has 2 N–H and O–H groups in total. The summed E-state index contributed by atoms with van der Waals surface area (Å²) in [6, 6.07) is 11.7. The van der Waals surface area contributed by atoms with Crippen LogP contribution in [-0.2, 0) is 9.59 Å². The zero-order valence-electron chi connectivity index (χ0n) is 16.3. The highest BCUT2D eigenvalue weighted by molar-refractivity contribution is 7.10. The number of nitrogens with one attached hydrogen (secondary N) is 2. The maximum atomic E-state index is 12.9. The van der Waals surface area contributed by atoms with Gasteiger partial charge in [0.1, 0.15) is 0 Å². The first-order valence-electron chi connectivity index (χ1n) is 9.52. The van der Waals surface area contributed by atoms with E-state index in [-0.39, 0.29) is 36.2 Å². The molecule has 2 amide bonds. The average molecular weight is 422 g/mol. The van der Waals surface area contributed by atoms with Gasteiger partial charge in [0.25, 0.3) is 0 Å². The van der Waals surface area contributed by atoms with Crippen LogP contribution in [0.1, 0.15) is 36.2 Å². The molecule has 2 atom stereocenters. The normalized spacial score (nSPS) is 19.2. The molecule has 1 fully saturated rings. The van der Waals surface area contributed by atoms with Crippen LogP contribution < -0.4 is 15.5 Å². The van der Waals surface area contributed by atoms with Crippen LogP contribution in [0.15, 0.2) is 41.8 Å². The number of nitrogens with zero attached hydrogens (tertiary/aromatic N) is 1. The lowest BCUT2D eigenvalue weighted by Gasteiger charge is -2.40. The van der Waals surface area contributed by atoms with Crippen LogP contribution in [-0.4, -0.2) is 31.4 Å². The Kier molecular flexibility index (Phi) is 8.48. The third-order valence-corrected chi connectivity index (χ3v) is 5.87. The van der Waals surface area contributed by atoms with E-state index in [1.165, 1.54) is 0 Å². The number of halogens is 1. The zero-order valence-corrected chi connectivity index (χ0v) is 17.9. The van der Waals surface area contributed by atoms with Crippen molar-refractivity contribution in [3.63, 3.8) is 0 Å². The number of likely N-dealkylation sites (N-methyl/N-ethyl adjacent to an activating group) is 1. The van der Waals surface area contributed by atoms with E-state index in [4.69, 9.17) is 0 Å². The third kappa shape index (κ3) is 5.13. The van der Waals surface area contributed by atoms with Crippen molar-refractivity contribution < 1.29 is 9.59 Å². The van der Waals surface area contributed by atoms with Crippen molar-refractivity contribution in [1.82, 2.24) is 10.6 Å². The number of benzene rings is 1. The summed E-state index contributed by atoms with van der Waals surface area (Å²) < 4.78 is 0. The summed E-state index contributed by atoms with van der Waals surface area (Å²) in [7, 11) is 0. The lowest BCUT2D eigenvalue weighted by atomic mass is 9.86. The first-order valence-corrected chi connectivity index (χ1v) is 10.4. The zero-order chi connectivity index (χ0) is 19.2. The van der Waals surface area contributed by atoms with Gasteiger partial charge in [-0.25, -0.2) is 0 Å². The highest BCUT2D eigenvalue weighted by Crippen LogP contribution is 2.41. The van der Waals surface area contributed by atoms with Crippen LogP contribution in [0, 0.1) is 12.8 Å². The minimum Gasteiger partial charge on any atom is -0.355 e. The van der Waals surface area contributed by atoms with E-state index in [0.29, 0.717) is 19.4 Å². The van der Waals surface area contributed by atoms with Gasteiger partial charge in [-0.05, 0) is 43.5 Å². The minimum atomic E-state index is -0.256. The van der Waals surface area contributed by atoms with Gasteiger partial charge in [-0.1, -0.05) is 30.7 Å². The predicted molar refractivity (Wildman–Crippen MR) is 117 cm³/mol. The number of rotatable bonds is 7. The van der Waals surface area contributed by atoms with Crippen molar-refractivity contribution in [2.75, 3.05) is 24.5 Å². The Morgan fingerprint density at radius 3 is 2.61 bits per heavy atom. The second-order valence-electron chi connectivity index (χ2n) is 6.85. The fourth-order valence-electron chi connectivity index (χ4n) is 3.54. The van der Waals surface area contributed by atoms with Gasteiger partial charge < -0.3 is 15.5 Å². The van der Waals surface area contributed by atoms with Gasteiger partial charge in [0.05, 0.1) is 12.0 Å². The molecule has 0 saturated carbocycles. The molecule has 3 rings (SSSR count). The number of piperidine rings is 1. The highest BCUT2D eigenvalue weighted by atomic mass is 35.5. The summed E-state index contributed by atoms with van der Waals surface area (Å²) in [6.07, 6.45) is 0.970. The van der Waals surface area contributed by atoms with E-state index in [2.05, 4.69) is 10.6 Å². The van der Waals surface area contributed by atoms with Gasteiger partial charge in [-0.3, -0.25) is 9.59 Å². The Morgan fingerprint density at radius 1 is 1.21 bits per heavy atom. The molecular formula is C21H28ClN3O2S. The lowest BCUT2D eigenvalue weighted by molar-refractivity contribution is -0.129. The van der Waals surface area contributed by atoms with Crippen molar-refractivity contribution in [2.45, 2.75) is 32.7 Å². The van der Waals surface area contributed by atoms with Crippen LogP contribution in [0.2, 0.25) is 0 Å². The molecule has 2 unspecified atom stereocenters. The molecule has 1 saturated heterocycles. The summed E-state index contributed by atoms with van der Waals surface area (Å²) >= 11 is 1.60. The Bertz CT molecular complexity index is 764. The van der Waals surface area contributed by atoms with E-state index in [0.717, 1.165) is 29.2 Å². The molecule has 1 aromatic carbocycles. The lowest BCUT2D eigenvalue weighted by Crippen LogP contribution is -2.48. The number of aryl methyl sites for hydroxylation is 1. The third-order valence-electron chi connectivity index (χ3n) is 4.93. The molecule has 1 aliphatic rings. The highest BCUT2D eigenvalue weighted by Gasteiger charge is 2.41. The topological polar surface area (TPSA) is 61.4 Å². The monoisotopic (exact) mass is 421 g/mol. The average Bonchev–Trinajstić information content (AvgIpc) is 3.20. The maximum absolute atomic E-state index is 12.9. The van der Waals surface area contributed by atoms with Gasteiger partial charge in [-0.2, -0.15) is 0 Å². The number of anilines is 1. The van der Waals surface area contributed by atoms with E-state index >= 15 is 0 Å². The van der Waals surface area contributed by atoms with Crippen molar-refractivity contribution in [3.8, 4) is 0 Å². The number of carbonyl (C=O) groups is 2. The molecule has 2 heterocycles. The molecule has 2 aromatic rings. The van der Waals surface area contributed by atoms with E-state index < -0.39 is 0 Å². The quantitative estimate of drug-likeness (QED) is 0.670. The number of amides is 2. The molecule has 1 aromatic heterocycles. The van der Waals surface area contributed by atoms with Crippen molar-refractivity contribution in [1.29, 1.82) is 0 Å². The van der Waals surface area contributed by atoms with Crippen LogP contribution in [0.25, 0.3) is 0 Å². The summed E-state index contributed by atoms with van der Waals surface area (Å²) in [5, 5.41) is 8.26. The summed E-state index contributed by atoms with van der Waals surface area (Å²) in [6.45, 7) is 6.30. The Labute approximate surface area is 176 Å². The Hall–Kier alpha value is -1.89. The first kappa shape index (κ1) is 22.4. The molecule has 0 bridgehead atoms. The van der Waals surface area contributed by atoms with Gasteiger partial charge in [0.2, 0.25) is 11.8 Å². The fraction of sp³-hybridized carbons (Fsp3) is 0.429. The molecular weight excluding hydrogens is 394 g/mol. The number of hydrogen-bond donors (Lipinski definition) is 2. The van der Waals surface area contributed by atoms with Crippen molar-refractivity contribution >= 4 is 41.2 Å². The first-order chi connectivity index (χ1) is 13.1. The van der Waals surface area contributed by atoms with Crippen molar-refractivity contribution in [3.05, 3.63) is 52.2 Å². The van der Waals surface area contributed by atoms with Crippen molar-refractivity contribution in [2.24, 2.45) is 5.92 Å². The summed E-state index contributed by atoms with van der Waals surface area (Å²) in [5.41, 5.74) is 2.00. The molecule has 0 aliphatic carbocycles. The summed E-state index contributed by atoms with van der Waals surface area (Å²) in [5.74, 6) is -0.144. The fourth-order valence-corrected chi connectivity index (χ4v) is 4.42. The molecule has 0 radical (unpaired) electrons. The van der Waals surface area contributed by atoms with Crippen LogP contribution in [0.3, 0.4) is 0 Å². The van der Waals surface area contributed by atoms with Crippen LogP contribution in [0.5, 0.6) is 0 Å². The molecule has 28 heavy (non-hydrogen) atoms. The standard InChI is InChI=1S/C21H27N3O2S.ClH/c1-3-22-12-13-23-21(26)17-10-11-19(25)24(16-8-6-15(2)7-9-16)20(17)18-5-4-14-27-18;/h4-9,14,17,20,22H,3,10-13H2,1-2H3,(H,23,26);1H. The molecule has 152 valence electrons. The number of hydrogen-bond acceptors (Lipinski definition) is 4. The molecule has 1 aliphatic heterocycles. The SMILES string of the molecule is CCNCCNC(=O)C1CCC(=O)N(c2ccc(C)cc2)C1c1cccs1.Cl. The smallest absolute Gasteiger partial charge is 0.227 e. The second kappa shape index (κ2) is 10.6. The van der Waals surface area contributed by atoms with Gasteiger partial charge >= 0.3 is 0 Å². The molecule has 7 heteroatoms. The van der Waals surface area contributed by atoms with Crippen LogP contribution >= 0.6 is 23.7 Å². The predicted octanol–water partition coefficient (Wildman–Crippen LogP) is 3.69. The Morgan fingerprint density at radius 2 is 1.96 bits per heavy atom. The van der Waals surface area contributed by atoms with Crippen LogP contribution in [0.4, 0.5) is 5.69 Å². The molecule has 0 spiro atoms.